The van der Waals surface area contributed by atoms with Crippen LogP contribution in [0, 0.1) is 5.92 Å². The highest BCUT2D eigenvalue weighted by atomic mass is 32.2. The molecule has 2 N–H and O–H groups in total. The molecule has 7 nitrogen and oxygen atoms in total. The van der Waals surface area contributed by atoms with E-state index >= 15 is 0 Å². The second kappa shape index (κ2) is 6.40. The molecule has 0 spiro atoms. The van der Waals surface area contributed by atoms with Gasteiger partial charge in [-0.15, -0.1) is 0 Å². The van der Waals surface area contributed by atoms with Gasteiger partial charge in [-0.1, -0.05) is 0 Å². The lowest BCUT2D eigenvalue weighted by Crippen LogP contribution is -2.44. The maximum Gasteiger partial charge on any atom is 0.259 e. The average Bonchev–Trinajstić information content (AvgIpc) is 2.44. The van der Waals surface area contributed by atoms with Crippen molar-refractivity contribution < 1.29 is 13.2 Å². The summed E-state index contributed by atoms with van der Waals surface area (Å²) >= 11 is 0. The van der Waals surface area contributed by atoms with Gasteiger partial charge in [-0.2, -0.15) is 0 Å². The number of rotatable bonds is 4. The van der Waals surface area contributed by atoms with Crippen molar-refractivity contribution in [3.8, 4) is 0 Å². The van der Waals surface area contributed by atoms with Gasteiger partial charge in [0.1, 0.15) is 5.56 Å². The summed E-state index contributed by atoms with van der Waals surface area (Å²) < 4.78 is 24.7. The quantitative estimate of drug-likeness (QED) is 0.802. The van der Waals surface area contributed by atoms with Crippen LogP contribution < -0.4 is 10.2 Å². The monoisotopic (exact) mass is 313 g/mol. The summed E-state index contributed by atoms with van der Waals surface area (Å²) in [7, 11) is -3.23. The number of carbonyl (C=O) groups is 1. The number of nitrogens with zero attached hydrogens (tertiary/aromatic N) is 1. The van der Waals surface area contributed by atoms with Crippen molar-refractivity contribution in [1.29, 1.82) is 0 Å². The van der Waals surface area contributed by atoms with E-state index in [1.807, 2.05) is 0 Å². The number of carbonyl (C=O) groups excluding carboxylic acids is 1. The lowest BCUT2D eigenvalue weighted by Gasteiger charge is -2.32. The molecule has 0 aliphatic carbocycles. The minimum absolute atomic E-state index is 0.0696. The number of hydrogen-bond acceptors (Lipinski definition) is 4. The zero-order valence-electron chi connectivity index (χ0n) is 11.8. The Balaban J connectivity index is 2.02. The van der Waals surface area contributed by atoms with Crippen LogP contribution in [0.4, 0.5) is 0 Å². The van der Waals surface area contributed by atoms with Gasteiger partial charge in [0.2, 0.25) is 10.0 Å². The SMILES string of the molecule is CS(=O)(=O)NCC1CCCN(C(=O)c2c[nH]ccc2=O)C1. The van der Waals surface area contributed by atoms with Crippen LogP contribution in [0.3, 0.4) is 0 Å². The van der Waals surface area contributed by atoms with Crippen LogP contribution in [-0.2, 0) is 10.0 Å². The Kier molecular flexibility index (Phi) is 4.79. The van der Waals surface area contributed by atoms with Crippen molar-refractivity contribution in [2.75, 3.05) is 25.9 Å². The highest BCUT2D eigenvalue weighted by Gasteiger charge is 2.26. The first kappa shape index (κ1) is 15.7. The summed E-state index contributed by atoms with van der Waals surface area (Å²) in [6.45, 7) is 1.35. The second-order valence-corrected chi connectivity index (χ2v) is 7.14. The lowest BCUT2D eigenvalue weighted by molar-refractivity contribution is 0.0674. The van der Waals surface area contributed by atoms with Crippen LogP contribution in [0.25, 0.3) is 0 Å². The number of likely N-dealkylation sites (tertiary alicyclic amines) is 1. The molecule has 1 aromatic rings. The molecule has 1 amide bonds. The summed E-state index contributed by atoms with van der Waals surface area (Å²) in [6, 6.07) is 1.32. The zero-order valence-corrected chi connectivity index (χ0v) is 12.6. The molecule has 1 aromatic heterocycles. The fraction of sp³-hybridized carbons (Fsp3) is 0.538. The molecule has 116 valence electrons. The summed E-state index contributed by atoms with van der Waals surface area (Å²) in [4.78, 5) is 28.4. The molecule has 8 heteroatoms. The predicted octanol–water partition coefficient (Wildman–Crippen LogP) is -0.224. The van der Waals surface area contributed by atoms with E-state index in [9.17, 15) is 18.0 Å². The third-order valence-electron chi connectivity index (χ3n) is 3.49. The molecular weight excluding hydrogens is 294 g/mol. The molecule has 0 aromatic carbocycles. The summed E-state index contributed by atoms with van der Waals surface area (Å²) in [5, 5.41) is 0. The van der Waals surface area contributed by atoms with Crippen LogP contribution in [-0.4, -0.2) is 50.1 Å². The van der Waals surface area contributed by atoms with Crippen molar-refractivity contribution in [3.63, 3.8) is 0 Å². The van der Waals surface area contributed by atoms with Gasteiger partial charge in [-0.25, -0.2) is 13.1 Å². The van der Waals surface area contributed by atoms with Gasteiger partial charge < -0.3 is 9.88 Å². The Morgan fingerprint density at radius 1 is 1.52 bits per heavy atom. The molecule has 21 heavy (non-hydrogen) atoms. The molecule has 1 aliphatic heterocycles. The Bertz CT molecular complexity index is 668. The fourth-order valence-corrected chi connectivity index (χ4v) is 2.98. The normalized spacial score (nSPS) is 19.5. The van der Waals surface area contributed by atoms with Crippen LogP contribution >= 0.6 is 0 Å². The largest absolute Gasteiger partial charge is 0.367 e. The number of aromatic amines is 1. The molecule has 1 aliphatic rings. The number of amides is 1. The van der Waals surface area contributed by atoms with Gasteiger partial charge >= 0.3 is 0 Å². The third kappa shape index (κ3) is 4.40. The van der Waals surface area contributed by atoms with Gasteiger partial charge in [0.05, 0.1) is 6.26 Å². The number of piperidine rings is 1. The maximum absolute atomic E-state index is 12.3. The summed E-state index contributed by atoms with van der Waals surface area (Å²) in [6.07, 6.45) is 5.66. The van der Waals surface area contributed by atoms with Crippen molar-refractivity contribution in [2.24, 2.45) is 5.92 Å². The van der Waals surface area contributed by atoms with Gasteiger partial charge in [-0.05, 0) is 18.8 Å². The van der Waals surface area contributed by atoms with Gasteiger partial charge in [0, 0.05) is 38.1 Å². The molecule has 1 unspecified atom stereocenters. The third-order valence-corrected chi connectivity index (χ3v) is 4.19. The van der Waals surface area contributed by atoms with E-state index in [2.05, 4.69) is 9.71 Å². The molecule has 0 saturated carbocycles. The van der Waals surface area contributed by atoms with E-state index in [4.69, 9.17) is 0 Å². The highest BCUT2D eigenvalue weighted by molar-refractivity contribution is 7.88. The fourth-order valence-electron chi connectivity index (χ4n) is 2.44. The number of H-pyrrole nitrogens is 1. The van der Waals surface area contributed by atoms with Crippen molar-refractivity contribution in [2.45, 2.75) is 12.8 Å². The first-order chi connectivity index (χ1) is 9.87. The van der Waals surface area contributed by atoms with Gasteiger partial charge in [-0.3, -0.25) is 9.59 Å². The molecule has 2 rings (SSSR count). The molecule has 0 bridgehead atoms. The van der Waals surface area contributed by atoms with E-state index in [0.717, 1.165) is 19.1 Å². The zero-order chi connectivity index (χ0) is 15.5. The molecule has 2 heterocycles. The molecule has 1 saturated heterocycles. The predicted molar refractivity (Wildman–Crippen MR) is 78.5 cm³/mol. The van der Waals surface area contributed by atoms with E-state index in [1.165, 1.54) is 18.5 Å². The van der Waals surface area contributed by atoms with E-state index in [1.54, 1.807) is 4.90 Å². The average molecular weight is 313 g/mol. The molecule has 0 radical (unpaired) electrons. The van der Waals surface area contributed by atoms with Crippen LogP contribution in [0.2, 0.25) is 0 Å². The number of nitrogens with one attached hydrogen (secondary N) is 2. The number of pyridine rings is 1. The maximum atomic E-state index is 12.3. The Hall–Kier alpha value is -1.67. The molecule has 1 fully saturated rings. The molecular formula is C13H19N3O4S. The minimum Gasteiger partial charge on any atom is -0.367 e. The van der Waals surface area contributed by atoms with Gasteiger partial charge in [0.15, 0.2) is 5.43 Å². The standard InChI is InChI=1S/C13H19N3O4S/c1-21(19,20)15-7-10-3-2-6-16(9-10)13(18)11-8-14-5-4-12(11)17/h4-5,8,10,15H,2-3,6-7,9H2,1H3,(H,14,17). The number of aromatic nitrogens is 1. The van der Waals surface area contributed by atoms with Crippen molar-refractivity contribution >= 4 is 15.9 Å². The Morgan fingerprint density at radius 2 is 2.29 bits per heavy atom. The topological polar surface area (TPSA) is 99.3 Å². The first-order valence-corrected chi connectivity index (χ1v) is 8.67. The smallest absolute Gasteiger partial charge is 0.259 e. The summed E-state index contributed by atoms with van der Waals surface area (Å²) in [5.41, 5.74) is -0.190. The number of hydrogen-bond donors (Lipinski definition) is 2. The Morgan fingerprint density at radius 3 is 2.95 bits per heavy atom. The summed E-state index contributed by atoms with van der Waals surface area (Å²) in [5.74, 6) is -0.235. The van der Waals surface area contributed by atoms with Crippen LogP contribution in [0.15, 0.2) is 23.3 Å². The van der Waals surface area contributed by atoms with Crippen LogP contribution in [0.5, 0.6) is 0 Å². The van der Waals surface area contributed by atoms with Crippen molar-refractivity contribution in [3.05, 3.63) is 34.2 Å². The number of sulfonamides is 1. The van der Waals surface area contributed by atoms with E-state index in [-0.39, 0.29) is 22.8 Å². The second-order valence-electron chi connectivity index (χ2n) is 5.30. The minimum atomic E-state index is -3.23. The van der Waals surface area contributed by atoms with E-state index < -0.39 is 10.0 Å². The van der Waals surface area contributed by atoms with E-state index in [0.29, 0.717) is 19.6 Å². The van der Waals surface area contributed by atoms with Gasteiger partial charge in [0.25, 0.3) is 5.91 Å². The van der Waals surface area contributed by atoms with Crippen LogP contribution in [0.1, 0.15) is 23.2 Å². The lowest BCUT2D eigenvalue weighted by atomic mass is 9.98. The Labute approximate surface area is 123 Å². The molecule has 1 atom stereocenters. The first-order valence-electron chi connectivity index (χ1n) is 6.78. The van der Waals surface area contributed by atoms with Crippen molar-refractivity contribution in [1.82, 2.24) is 14.6 Å². The highest BCUT2D eigenvalue weighted by Crippen LogP contribution is 2.17.